The van der Waals surface area contributed by atoms with Gasteiger partial charge in [-0.3, -0.25) is 9.52 Å². The SMILES string of the molecule is CCOC(=O)C1=C(c2ccccc2)NS(=O)(=O)N(C(C)C)C1=O. The van der Waals surface area contributed by atoms with Crippen LogP contribution in [0.5, 0.6) is 0 Å². The Hall–Kier alpha value is -2.35. The van der Waals surface area contributed by atoms with Crippen molar-refractivity contribution < 1.29 is 22.7 Å². The number of nitrogens with zero attached hydrogens (tertiary/aromatic N) is 1. The molecule has 7 nitrogen and oxygen atoms in total. The first-order valence-corrected chi connectivity index (χ1v) is 8.57. The van der Waals surface area contributed by atoms with Crippen molar-refractivity contribution in [3.05, 3.63) is 41.5 Å². The number of hydrogen-bond acceptors (Lipinski definition) is 5. The van der Waals surface area contributed by atoms with E-state index in [-0.39, 0.29) is 17.9 Å². The summed E-state index contributed by atoms with van der Waals surface area (Å²) in [4.78, 5) is 24.8. The van der Waals surface area contributed by atoms with Crippen molar-refractivity contribution in [3.63, 3.8) is 0 Å². The number of ether oxygens (including phenoxy) is 1. The molecular weight excluding hydrogens is 320 g/mol. The zero-order valence-electron chi connectivity index (χ0n) is 13.1. The van der Waals surface area contributed by atoms with Gasteiger partial charge in [-0.15, -0.1) is 0 Å². The van der Waals surface area contributed by atoms with Crippen molar-refractivity contribution in [2.45, 2.75) is 26.8 Å². The molecule has 0 spiro atoms. The minimum Gasteiger partial charge on any atom is -0.462 e. The molecule has 0 saturated carbocycles. The minimum absolute atomic E-state index is 0.0639. The molecule has 0 saturated heterocycles. The van der Waals surface area contributed by atoms with Crippen LogP contribution in [0.3, 0.4) is 0 Å². The van der Waals surface area contributed by atoms with Crippen LogP contribution in [0.25, 0.3) is 5.70 Å². The third-order valence-electron chi connectivity index (χ3n) is 3.17. The monoisotopic (exact) mass is 338 g/mol. The Bertz CT molecular complexity index is 753. The average Bonchev–Trinajstić information content (AvgIpc) is 2.46. The molecule has 1 aromatic rings. The van der Waals surface area contributed by atoms with E-state index in [1.165, 1.54) is 0 Å². The number of benzene rings is 1. The summed E-state index contributed by atoms with van der Waals surface area (Å²) in [5.74, 6) is -1.75. The minimum atomic E-state index is -4.08. The molecule has 1 aliphatic heterocycles. The molecule has 0 aromatic heterocycles. The van der Waals surface area contributed by atoms with E-state index in [0.717, 1.165) is 0 Å². The van der Waals surface area contributed by atoms with E-state index in [4.69, 9.17) is 4.74 Å². The van der Waals surface area contributed by atoms with Gasteiger partial charge >= 0.3 is 16.2 Å². The molecule has 1 N–H and O–H groups in total. The molecular formula is C15H18N2O5S. The molecule has 1 amide bonds. The lowest BCUT2D eigenvalue weighted by atomic mass is 10.1. The summed E-state index contributed by atoms with van der Waals surface area (Å²) in [5.41, 5.74) is 0.0309. The number of rotatable bonds is 4. The molecule has 1 aliphatic rings. The largest absolute Gasteiger partial charge is 0.462 e. The summed E-state index contributed by atoms with van der Waals surface area (Å²) in [6, 6.07) is 7.68. The lowest BCUT2D eigenvalue weighted by Gasteiger charge is -2.32. The predicted molar refractivity (Wildman–Crippen MR) is 84.0 cm³/mol. The molecule has 1 heterocycles. The number of amides is 1. The highest BCUT2D eigenvalue weighted by Crippen LogP contribution is 2.27. The van der Waals surface area contributed by atoms with E-state index in [2.05, 4.69) is 4.72 Å². The van der Waals surface area contributed by atoms with Crippen LogP contribution in [-0.4, -0.2) is 37.2 Å². The number of carbonyl (C=O) groups excluding carboxylic acids is 2. The highest BCUT2D eigenvalue weighted by atomic mass is 32.2. The highest BCUT2D eigenvalue weighted by molar-refractivity contribution is 7.88. The molecule has 1 aromatic carbocycles. The Morgan fingerprint density at radius 3 is 2.39 bits per heavy atom. The van der Waals surface area contributed by atoms with Gasteiger partial charge in [0.2, 0.25) is 0 Å². The summed E-state index contributed by atoms with van der Waals surface area (Å²) in [5, 5.41) is 0. The standard InChI is InChI=1S/C15H18N2O5S/c1-4-22-15(19)12-13(11-8-6-5-7-9-11)16-23(20,21)17(10(2)3)14(12)18/h5-10,16H,4H2,1-3H3. The molecule has 0 bridgehead atoms. The summed E-state index contributed by atoms with van der Waals surface area (Å²) in [6.45, 7) is 4.78. The third kappa shape index (κ3) is 3.21. The summed E-state index contributed by atoms with van der Waals surface area (Å²) in [6.07, 6.45) is 0. The van der Waals surface area contributed by atoms with Crippen LogP contribution in [0.15, 0.2) is 35.9 Å². The van der Waals surface area contributed by atoms with Gasteiger partial charge in [0.25, 0.3) is 5.91 Å². The van der Waals surface area contributed by atoms with Crippen molar-refractivity contribution in [1.82, 2.24) is 9.03 Å². The van der Waals surface area contributed by atoms with Crippen molar-refractivity contribution in [1.29, 1.82) is 0 Å². The van der Waals surface area contributed by atoms with Gasteiger partial charge in [-0.1, -0.05) is 30.3 Å². The van der Waals surface area contributed by atoms with Gasteiger partial charge in [0.1, 0.15) is 0 Å². The Morgan fingerprint density at radius 1 is 1.26 bits per heavy atom. The molecule has 124 valence electrons. The second-order valence-electron chi connectivity index (χ2n) is 5.14. The Morgan fingerprint density at radius 2 is 1.87 bits per heavy atom. The maximum absolute atomic E-state index is 12.6. The number of nitrogens with one attached hydrogen (secondary N) is 1. The Balaban J connectivity index is 2.68. The van der Waals surface area contributed by atoms with E-state index >= 15 is 0 Å². The lowest BCUT2D eigenvalue weighted by Crippen LogP contribution is -2.53. The van der Waals surface area contributed by atoms with Crippen LogP contribution >= 0.6 is 0 Å². The average molecular weight is 338 g/mol. The smallest absolute Gasteiger partial charge is 0.346 e. The second-order valence-corrected chi connectivity index (χ2v) is 6.69. The maximum Gasteiger partial charge on any atom is 0.346 e. The molecule has 8 heteroatoms. The normalized spacial score (nSPS) is 17.2. The van der Waals surface area contributed by atoms with Crippen molar-refractivity contribution in [2.24, 2.45) is 0 Å². The Labute approximate surface area is 135 Å². The van der Waals surface area contributed by atoms with Crippen molar-refractivity contribution >= 4 is 27.8 Å². The maximum atomic E-state index is 12.6. The molecule has 0 fully saturated rings. The first kappa shape index (κ1) is 17.0. The molecule has 2 rings (SSSR count). The molecule has 0 atom stereocenters. The topological polar surface area (TPSA) is 92.8 Å². The fourth-order valence-electron chi connectivity index (χ4n) is 2.27. The third-order valence-corrected chi connectivity index (χ3v) is 4.73. The highest BCUT2D eigenvalue weighted by Gasteiger charge is 2.42. The Kier molecular flexibility index (Phi) is 4.74. The van der Waals surface area contributed by atoms with Gasteiger partial charge in [0, 0.05) is 6.04 Å². The summed E-state index contributed by atoms with van der Waals surface area (Å²) < 4.78 is 32.6. The van der Waals surface area contributed by atoms with Crippen LogP contribution < -0.4 is 4.72 Å². The number of hydrogen-bond donors (Lipinski definition) is 1. The first-order valence-electron chi connectivity index (χ1n) is 7.13. The quantitative estimate of drug-likeness (QED) is 0.654. The summed E-state index contributed by atoms with van der Waals surface area (Å²) in [7, 11) is -4.08. The van der Waals surface area contributed by atoms with Crippen LogP contribution in [0.1, 0.15) is 26.3 Å². The van der Waals surface area contributed by atoms with Gasteiger partial charge in [0.15, 0.2) is 5.57 Å². The fraction of sp³-hybridized carbons (Fsp3) is 0.333. The van der Waals surface area contributed by atoms with Crippen LogP contribution in [0, 0.1) is 0 Å². The fourth-order valence-corrected chi connectivity index (χ4v) is 3.71. The van der Waals surface area contributed by atoms with Gasteiger partial charge in [0.05, 0.1) is 12.3 Å². The lowest BCUT2D eigenvalue weighted by molar-refractivity contribution is -0.141. The van der Waals surface area contributed by atoms with E-state index in [0.29, 0.717) is 9.87 Å². The van der Waals surface area contributed by atoms with Crippen molar-refractivity contribution in [2.75, 3.05) is 6.61 Å². The molecule has 0 radical (unpaired) electrons. The van der Waals surface area contributed by atoms with E-state index in [1.54, 1.807) is 51.1 Å². The van der Waals surface area contributed by atoms with Crippen LogP contribution in [0.2, 0.25) is 0 Å². The zero-order chi connectivity index (χ0) is 17.2. The number of esters is 1. The van der Waals surface area contributed by atoms with E-state index in [9.17, 15) is 18.0 Å². The molecule has 23 heavy (non-hydrogen) atoms. The van der Waals surface area contributed by atoms with Crippen LogP contribution in [-0.2, 0) is 24.5 Å². The summed E-state index contributed by atoms with van der Waals surface area (Å²) >= 11 is 0. The predicted octanol–water partition coefficient (Wildman–Crippen LogP) is 1.05. The van der Waals surface area contributed by atoms with E-state index in [1.807, 2.05) is 0 Å². The van der Waals surface area contributed by atoms with E-state index < -0.39 is 28.1 Å². The number of carbonyl (C=O) groups is 2. The zero-order valence-corrected chi connectivity index (χ0v) is 13.9. The van der Waals surface area contributed by atoms with Crippen LogP contribution in [0.4, 0.5) is 0 Å². The second kappa shape index (κ2) is 6.41. The van der Waals surface area contributed by atoms with Gasteiger partial charge < -0.3 is 4.74 Å². The van der Waals surface area contributed by atoms with Gasteiger partial charge in [-0.25, -0.2) is 9.10 Å². The first-order chi connectivity index (χ1) is 10.8. The van der Waals surface area contributed by atoms with Gasteiger partial charge in [-0.05, 0) is 26.3 Å². The molecule has 0 unspecified atom stereocenters. The van der Waals surface area contributed by atoms with Crippen molar-refractivity contribution in [3.8, 4) is 0 Å². The van der Waals surface area contributed by atoms with Gasteiger partial charge in [-0.2, -0.15) is 8.42 Å². The molecule has 0 aliphatic carbocycles.